The highest BCUT2D eigenvalue weighted by Crippen LogP contribution is 1.93. The van der Waals surface area contributed by atoms with Crippen molar-refractivity contribution in [1.82, 2.24) is 0 Å². The lowest BCUT2D eigenvalue weighted by molar-refractivity contribution is 0.567. The van der Waals surface area contributed by atoms with Crippen molar-refractivity contribution in [2.24, 2.45) is 39.6 Å². The molecule has 0 radical (unpaired) electrons. The summed E-state index contributed by atoms with van der Waals surface area (Å²) in [5, 5.41) is 4.08. The third-order valence-electron chi connectivity index (χ3n) is 2.58. The molecule has 3 aliphatic rings. The van der Waals surface area contributed by atoms with E-state index in [2.05, 4.69) is 143 Å². The summed E-state index contributed by atoms with van der Waals surface area (Å²) in [6, 6.07) is 7.70. The van der Waals surface area contributed by atoms with Crippen LogP contribution < -0.4 is 0 Å². The summed E-state index contributed by atoms with van der Waals surface area (Å²) in [6.45, 7) is 33.4. The van der Waals surface area contributed by atoms with Gasteiger partial charge in [0.1, 0.15) is 0 Å². The van der Waals surface area contributed by atoms with E-state index in [-0.39, 0.29) is 0 Å². The van der Waals surface area contributed by atoms with Crippen LogP contribution in [-0.4, -0.2) is 19.0 Å². The SMILES string of the molecule is C1=CCC=C1.C1=CCN=C1.C1=CN=CC1.CC(C)C.CC(C)C.CC(C)C.CC(C)C.CC(C)C.c1ccoc1.c1ccsc1. The van der Waals surface area contributed by atoms with E-state index >= 15 is 0 Å². The van der Waals surface area contributed by atoms with Crippen LogP contribution in [0.25, 0.3) is 0 Å². The predicted molar refractivity (Wildman–Crippen MR) is 213 cm³/mol. The molecule has 0 spiro atoms. The highest BCUT2D eigenvalue weighted by atomic mass is 32.1. The molecule has 260 valence electrons. The molecule has 0 unspecified atom stereocenters. The molecule has 4 heterocycles. The first-order chi connectivity index (χ1) is 21.2. The Morgan fingerprint density at radius 2 is 0.933 bits per heavy atom. The van der Waals surface area contributed by atoms with Gasteiger partial charge in [0.2, 0.25) is 0 Å². The molecule has 0 bridgehead atoms. The molecule has 2 aromatic heterocycles. The molecule has 1 aliphatic carbocycles. The molecule has 5 rings (SSSR count). The predicted octanol–water partition coefficient (Wildman–Crippen LogP) is 14.4. The summed E-state index contributed by atoms with van der Waals surface area (Å²) in [4.78, 5) is 7.62. The third-order valence-corrected chi connectivity index (χ3v) is 3.21. The average molecular weight is 643 g/mol. The summed E-state index contributed by atoms with van der Waals surface area (Å²) in [7, 11) is 0. The van der Waals surface area contributed by atoms with Crippen molar-refractivity contribution in [3.8, 4) is 0 Å². The van der Waals surface area contributed by atoms with Crippen LogP contribution in [0.4, 0.5) is 0 Å². The normalized spacial score (nSPS) is 11.6. The van der Waals surface area contributed by atoms with Crippen molar-refractivity contribution in [2.75, 3.05) is 6.54 Å². The van der Waals surface area contributed by atoms with E-state index in [1.807, 2.05) is 59.5 Å². The molecular weight excluding hydrogens is 569 g/mol. The maximum absolute atomic E-state index is 4.58. The first-order valence-electron chi connectivity index (χ1n) is 16.7. The van der Waals surface area contributed by atoms with Crippen LogP contribution in [-0.2, 0) is 0 Å². The van der Waals surface area contributed by atoms with Crippen LogP contribution >= 0.6 is 11.3 Å². The number of hydrogen-bond donors (Lipinski definition) is 0. The van der Waals surface area contributed by atoms with Gasteiger partial charge in [-0.15, -0.1) is 0 Å². The van der Waals surface area contributed by atoms with E-state index in [0.717, 1.165) is 49.0 Å². The van der Waals surface area contributed by atoms with Crippen LogP contribution in [0.3, 0.4) is 0 Å². The lowest BCUT2D eigenvalue weighted by atomic mass is 10.3. The summed E-state index contributed by atoms with van der Waals surface area (Å²) in [5.41, 5.74) is 0. The Morgan fingerprint density at radius 1 is 0.511 bits per heavy atom. The zero-order valence-corrected chi connectivity index (χ0v) is 32.9. The van der Waals surface area contributed by atoms with Gasteiger partial charge in [0.05, 0.1) is 19.1 Å². The first kappa shape index (κ1) is 51.8. The van der Waals surface area contributed by atoms with E-state index in [1.165, 1.54) is 0 Å². The largest absolute Gasteiger partial charge is 0.473 e. The number of thiophene rings is 1. The minimum Gasteiger partial charge on any atom is -0.473 e. The van der Waals surface area contributed by atoms with Gasteiger partial charge in [-0.05, 0) is 65.0 Å². The van der Waals surface area contributed by atoms with Gasteiger partial charge in [0.15, 0.2) is 0 Å². The van der Waals surface area contributed by atoms with Gasteiger partial charge in [0.25, 0.3) is 0 Å². The second kappa shape index (κ2) is 48.2. The van der Waals surface area contributed by atoms with Gasteiger partial charge in [-0.2, -0.15) is 11.3 Å². The van der Waals surface area contributed by atoms with Gasteiger partial charge >= 0.3 is 0 Å². The molecule has 0 amide bonds. The van der Waals surface area contributed by atoms with Gasteiger partial charge < -0.3 is 4.42 Å². The second-order valence-corrected chi connectivity index (χ2v) is 14.0. The first-order valence-corrected chi connectivity index (χ1v) is 17.7. The van der Waals surface area contributed by atoms with Crippen molar-refractivity contribution < 1.29 is 4.42 Å². The summed E-state index contributed by atoms with van der Waals surface area (Å²) in [5.74, 6) is 4.17. The fraction of sp³-hybridized carbons (Fsp3) is 0.561. The van der Waals surface area contributed by atoms with Crippen LogP contribution in [0.1, 0.15) is 117 Å². The number of allylic oxidation sites excluding steroid dienone is 6. The van der Waals surface area contributed by atoms with Gasteiger partial charge in [-0.1, -0.05) is 152 Å². The number of rotatable bonds is 0. The Morgan fingerprint density at radius 3 is 1.04 bits per heavy atom. The summed E-state index contributed by atoms with van der Waals surface area (Å²) >= 11 is 1.71. The van der Waals surface area contributed by atoms with Crippen molar-refractivity contribution in [1.29, 1.82) is 0 Å². The standard InChI is InChI=1S/C5H6.2C4H5N.C4H4O.C4H4S.5C4H10/c5*1-2-4-5-3-1;5*1-4(2)3/h1-4H,5H2;1,3-4H,2H2;1-3H,4H2;2*1-4H;5*4H,1-3H3. The molecular formula is C41H74N2OS. The average Bonchev–Trinajstić information content (AvgIpc) is 3.78. The van der Waals surface area contributed by atoms with Gasteiger partial charge in [-0.25, -0.2) is 0 Å². The minimum atomic E-state index is 0.833. The van der Waals surface area contributed by atoms with Crippen LogP contribution in [0.2, 0.25) is 0 Å². The number of aliphatic imine (C=N–C) groups is 2. The number of nitrogens with zero attached hydrogens (tertiary/aromatic N) is 2. The molecule has 0 N–H and O–H groups in total. The monoisotopic (exact) mass is 643 g/mol. The molecule has 3 nitrogen and oxygen atoms in total. The lowest BCUT2D eigenvalue weighted by Crippen LogP contribution is -1.66. The number of hydrogen-bond acceptors (Lipinski definition) is 4. The van der Waals surface area contributed by atoms with Crippen LogP contribution in [0.5, 0.6) is 0 Å². The van der Waals surface area contributed by atoms with Crippen LogP contribution in [0, 0.1) is 29.6 Å². The Kier molecular flexibility index (Phi) is 55.5. The van der Waals surface area contributed by atoms with Crippen LogP contribution in [0.15, 0.2) is 111 Å². The van der Waals surface area contributed by atoms with E-state index < -0.39 is 0 Å². The smallest absolute Gasteiger partial charge is 0.0902 e. The summed E-state index contributed by atoms with van der Waals surface area (Å²) in [6.07, 6.45) is 25.2. The lowest BCUT2D eigenvalue weighted by Gasteiger charge is -1.79. The fourth-order valence-electron chi connectivity index (χ4n) is 1.46. The van der Waals surface area contributed by atoms with Crippen molar-refractivity contribution in [2.45, 2.75) is 117 Å². The Hall–Kier alpha value is -2.72. The highest BCUT2D eigenvalue weighted by Gasteiger charge is 1.74. The Labute approximate surface area is 286 Å². The zero-order valence-electron chi connectivity index (χ0n) is 32.1. The minimum absolute atomic E-state index is 0.833. The second-order valence-electron chi connectivity index (χ2n) is 13.2. The Bertz CT molecular complexity index is 675. The maximum atomic E-state index is 4.58. The molecule has 0 atom stereocenters. The third kappa shape index (κ3) is 128. The zero-order chi connectivity index (χ0) is 35.6. The van der Waals surface area contributed by atoms with E-state index in [1.54, 1.807) is 36.3 Å². The van der Waals surface area contributed by atoms with Gasteiger partial charge in [-0.3, -0.25) is 9.98 Å². The van der Waals surface area contributed by atoms with E-state index in [4.69, 9.17) is 0 Å². The summed E-state index contributed by atoms with van der Waals surface area (Å²) < 4.78 is 4.58. The molecule has 0 fully saturated rings. The topological polar surface area (TPSA) is 37.9 Å². The maximum Gasteiger partial charge on any atom is 0.0902 e. The molecule has 2 aliphatic heterocycles. The molecule has 4 heteroatoms. The molecule has 2 aromatic rings. The highest BCUT2D eigenvalue weighted by molar-refractivity contribution is 7.07. The van der Waals surface area contributed by atoms with E-state index in [0.29, 0.717) is 0 Å². The fourth-order valence-corrected chi connectivity index (χ4v) is 1.91. The van der Waals surface area contributed by atoms with E-state index in [9.17, 15) is 0 Å². The van der Waals surface area contributed by atoms with Gasteiger partial charge in [0, 0.05) is 25.0 Å². The quantitative estimate of drug-likeness (QED) is 0.282. The molecule has 0 aromatic carbocycles. The Balaban J connectivity index is -0.000000132. The van der Waals surface area contributed by atoms with Crippen molar-refractivity contribution in [3.05, 3.63) is 96.3 Å². The molecule has 0 saturated carbocycles. The van der Waals surface area contributed by atoms with Crippen molar-refractivity contribution >= 4 is 23.8 Å². The van der Waals surface area contributed by atoms with Crippen molar-refractivity contribution in [3.63, 3.8) is 0 Å². The number of furan rings is 1. The molecule has 45 heavy (non-hydrogen) atoms. The molecule has 0 saturated heterocycles.